The molecule has 0 heterocycles. The van der Waals surface area contributed by atoms with Crippen molar-refractivity contribution in [3.63, 3.8) is 0 Å². The zero-order valence-corrected chi connectivity index (χ0v) is 13.4. The van der Waals surface area contributed by atoms with Gasteiger partial charge in [-0.2, -0.15) is 0 Å². The molecule has 1 aromatic rings. The van der Waals surface area contributed by atoms with Crippen molar-refractivity contribution < 1.29 is 4.79 Å². The number of carbonyl (C=O) groups excluding carboxylic acids is 1. The van der Waals surface area contributed by atoms with Crippen LogP contribution in [0.5, 0.6) is 0 Å². The van der Waals surface area contributed by atoms with Gasteiger partial charge in [0.25, 0.3) is 0 Å². The second kappa shape index (κ2) is 5.09. The summed E-state index contributed by atoms with van der Waals surface area (Å²) in [5.41, 5.74) is 2.87. The van der Waals surface area contributed by atoms with Gasteiger partial charge in [-0.05, 0) is 17.9 Å². The van der Waals surface area contributed by atoms with Gasteiger partial charge in [0.05, 0.1) is 0 Å². The summed E-state index contributed by atoms with van der Waals surface area (Å²) in [4.78, 5) is 12.4. The molecule has 1 aliphatic carbocycles. The van der Waals surface area contributed by atoms with E-state index in [1.165, 1.54) is 0 Å². The maximum absolute atomic E-state index is 12.4. The molecular weight excluding hydrogens is 300 g/mol. The lowest BCUT2D eigenvalue weighted by atomic mass is 9.86. The van der Waals surface area contributed by atoms with Crippen LogP contribution in [0.3, 0.4) is 0 Å². The summed E-state index contributed by atoms with van der Waals surface area (Å²) in [5, 5.41) is 0. The van der Waals surface area contributed by atoms with Gasteiger partial charge in [-0.3, -0.25) is 4.79 Å². The molecule has 2 rings (SSSR count). The number of hydrogen-bond donors (Lipinski definition) is 0. The van der Waals surface area contributed by atoms with Crippen LogP contribution >= 0.6 is 15.9 Å². The first-order valence-corrected chi connectivity index (χ1v) is 7.29. The quantitative estimate of drug-likeness (QED) is 0.666. The van der Waals surface area contributed by atoms with Crippen LogP contribution in [0.25, 0.3) is 0 Å². The Hall–Kier alpha value is -1.15. The third-order valence-electron chi connectivity index (χ3n) is 3.25. The minimum Gasteiger partial charge on any atom is -0.289 e. The van der Waals surface area contributed by atoms with Crippen molar-refractivity contribution in [3.8, 4) is 0 Å². The Kier molecular flexibility index (Phi) is 3.82. The highest BCUT2D eigenvalue weighted by atomic mass is 79.9. The van der Waals surface area contributed by atoms with Gasteiger partial charge in [0.1, 0.15) is 0 Å². The zero-order chi connectivity index (χ0) is 14.2. The Morgan fingerprint density at radius 1 is 1.16 bits per heavy atom. The number of carbonyl (C=O) groups is 1. The molecule has 0 aliphatic heterocycles. The Morgan fingerprint density at radius 3 is 2.26 bits per heavy atom. The van der Waals surface area contributed by atoms with Crippen molar-refractivity contribution in [1.29, 1.82) is 0 Å². The number of benzene rings is 1. The zero-order valence-electron chi connectivity index (χ0n) is 11.8. The molecule has 0 radical (unpaired) electrons. The molecule has 0 saturated heterocycles. The van der Waals surface area contributed by atoms with Gasteiger partial charge in [-0.15, -0.1) is 0 Å². The number of Topliss-reactive ketones (excluding diaryl/α,β-unsaturated/α-hetero) is 1. The molecule has 100 valence electrons. The molecule has 0 spiro atoms. The van der Waals surface area contributed by atoms with E-state index in [4.69, 9.17) is 0 Å². The van der Waals surface area contributed by atoms with E-state index in [2.05, 4.69) is 54.9 Å². The van der Waals surface area contributed by atoms with Gasteiger partial charge in [0, 0.05) is 21.5 Å². The summed E-state index contributed by atoms with van der Waals surface area (Å²) < 4.78 is 0.999. The smallest absolute Gasteiger partial charge is 0.186 e. The van der Waals surface area contributed by atoms with Gasteiger partial charge in [-0.1, -0.05) is 73.1 Å². The molecule has 19 heavy (non-hydrogen) atoms. The largest absolute Gasteiger partial charge is 0.289 e. The van der Waals surface area contributed by atoms with E-state index in [0.29, 0.717) is 0 Å². The highest BCUT2D eigenvalue weighted by Crippen LogP contribution is 2.45. The van der Waals surface area contributed by atoms with Gasteiger partial charge in [0.2, 0.25) is 0 Å². The number of ketones is 1. The van der Waals surface area contributed by atoms with E-state index in [9.17, 15) is 4.79 Å². The number of halogens is 1. The van der Waals surface area contributed by atoms with Gasteiger partial charge in [-0.25, -0.2) is 0 Å². The SMILES string of the molecule is CC1=C(Br)[C@H](c2ccccc2)/C(=C\C(C)(C)C)C1=O. The Balaban J connectivity index is 2.55. The first-order valence-electron chi connectivity index (χ1n) is 6.50. The molecule has 2 heteroatoms. The van der Waals surface area contributed by atoms with Gasteiger partial charge >= 0.3 is 0 Å². The minimum atomic E-state index is -0.00404. The fourth-order valence-electron chi connectivity index (χ4n) is 2.40. The molecule has 0 unspecified atom stereocenters. The second-order valence-corrected chi connectivity index (χ2v) is 6.97. The molecule has 1 aliphatic rings. The molecule has 0 fully saturated rings. The molecule has 1 atom stereocenters. The van der Waals surface area contributed by atoms with Crippen molar-refractivity contribution in [1.82, 2.24) is 0 Å². The van der Waals surface area contributed by atoms with Crippen LogP contribution in [0.4, 0.5) is 0 Å². The van der Waals surface area contributed by atoms with E-state index in [-0.39, 0.29) is 17.1 Å². The molecular formula is C17H19BrO. The third kappa shape index (κ3) is 2.89. The summed E-state index contributed by atoms with van der Waals surface area (Å²) in [7, 11) is 0. The summed E-state index contributed by atoms with van der Waals surface area (Å²) in [6.07, 6.45) is 2.10. The monoisotopic (exact) mass is 318 g/mol. The van der Waals surface area contributed by atoms with Crippen LogP contribution < -0.4 is 0 Å². The molecule has 0 bridgehead atoms. The standard InChI is InChI=1S/C17H19BrO/c1-11-15(18)14(12-8-6-5-7-9-12)13(16(11)19)10-17(2,3)4/h5-10,14H,1-4H3/b13-10+/t14-/m1/s1. The normalized spacial score (nSPS) is 22.5. The number of rotatable bonds is 1. The minimum absolute atomic E-state index is 0.00404. The maximum atomic E-state index is 12.4. The van der Waals surface area contributed by atoms with Crippen molar-refractivity contribution in [2.45, 2.75) is 33.6 Å². The first kappa shape index (κ1) is 14.3. The van der Waals surface area contributed by atoms with E-state index >= 15 is 0 Å². The van der Waals surface area contributed by atoms with Crippen LogP contribution in [0.15, 0.2) is 52.0 Å². The Bertz CT molecular complexity index is 559. The highest BCUT2D eigenvalue weighted by molar-refractivity contribution is 9.11. The van der Waals surface area contributed by atoms with E-state index in [0.717, 1.165) is 21.2 Å². The van der Waals surface area contributed by atoms with Crippen LogP contribution in [-0.2, 0) is 4.79 Å². The lowest BCUT2D eigenvalue weighted by Crippen LogP contribution is -2.09. The Morgan fingerprint density at radius 2 is 1.74 bits per heavy atom. The fraction of sp³-hybridized carbons (Fsp3) is 0.353. The van der Waals surface area contributed by atoms with Crippen molar-refractivity contribution >= 4 is 21.7 Å². The van der Waals surface area contributed by atoms with E-state index in [1.807, 2.05) is 25.1 Å². The van der Waals surface area contributed by atoms with Crippen LogP contribution in [0.1, 0.15) is 39.2 Å². The van der Waals surface area contributed by atoms with E-state index < -0.39 is 0 Å². The summed E-state index contributed by atoms with van der Waals surface area (Å²) >= 11 is 3.61. The first-order chi connectivity index (χ1) is 8.81. The topological polar surface area (TPSA) is 17.1 Å². The summed E-state index contributed by atoms with van der Waals surface area (Å²) in [6.45, 7) is 8.26. The molecule has 0 saturated carbocycles. The summed E-state index contributed by atoms with van der Waals surface area (Å²) in [6, 6.07) is 10.2. The highest BCUT2D eigenvalue weighted by Gasteiger charge is 2.35. The van der Waals surface area contributed by atoms with Crippen LogP contribution in [-0.4, -0.2) is 5.78 Å². The lowest BCUT2D eigenvalue weighted by molar-refractivity contribution is -0.112. The lowest BCUT2D eigenvalue weighted by Gasteiger charge is -2.18. The predicted octanol–water partition coefficient (Wildman–Crippen LogP) is 4.99. The molecule has 0 amide bonds. The van der Waals surface area contributed by atoms with Crippen molar-refractivity contribution in [2.24, 2.45) is 5.41 Å². The molecule has 1 aromatic carbocycles. The van der Waals surface area contributed by atoms with Crippen molar-refractivity contribution in [2.75, 3.05) is 0 Å². The van der Waals surface area contributed by atoms with Gasteiger partial charge < -0.3 is 0 Å². The van der Waals surface area contributed by atoms with Crippen LogP contribution in [0, 0.1) is 5.41 Å². The second-order valence-electron chi connectivity index (χ2n) is 6.11. The molecule has 0 aromatic heterocycles. The van der Waals surface area contributed by atoms with Gasteiger partial charge in [0.15, 0.2) is 5.78 Å². The molecule has 1 nitrogen and oxygen atoms in total. The number of allylic oxidation sites excluding steroid dienone is 4. The average Bonchev–Trinajstić information content (AvgIpc) is 2.54. The maximum Gasteiger partial charge on any atom is 0.186 e. The summed E-state index contributed by atoms with van der Waals surface area (Å²) in [5.74, 6) is 0.212. The van der Waals surface area contributed by atoms with Crippen molar-refractivity contribution in [3.05, 3.63) is 57.6 Å². The number of hydrogen-bond acceptors (Lipinski definition) is 1. The van der Waals surface area contributed by atoms with Crippen LogP contribution in [0.2, 0.25) is 0 Å². The average molecular weight is 319 g/mol. The fourth-order valence-corrected chi connectivity index (χ4v) is 3.09. The molecule has 0 N–H and O–H groups in total. The van der Waals surface area contributed by atoms with E-state index in [1.54, 1.807) is 0 Å². The predicted molar refractivity (Wildman–Crippen MR) is 83.4 cm³/mol. The third-order valence-corrected chi connectivity index (χ3v) is 4.30. The Labute approximate surface area is 123 Å².